The molecule has 0 amide bonds. The number of ether oxygens (including phenoxy) is 1. The van der Waals surface area contributed by atoms with Crippen LogP contribution in [0.3, 0.4) is 0 Å². The molecule has 2 heterocycles. The van der Waals surface area contributed by atoms with Gasteiger partial charge in [0.25, 0.3) is 0 Å². The Morgan fingerprint density at radius 3 is 2.73 bits per heavy atom. The van der Waals surface area contributed by atoms with Crippen LogP contribution in [0.25, 0.3) is 22.2 Å². The Balaban J connectivity index is 1.65. The molecule has 0 spiro atoms. The average molecular weight is 296 g/mol. The molecule has 0 bridgehead atoms. The standard InChI is InChI=1S/C17H20N4O/c1-21(2)8-3-9-22-17-7-5-14(11-18-17)13-4-6-15-16(10-13)20-12-19-15/h4-7,10-12H,3,8-9H2,1-2H3,(H,19,20). The van der Waals surface area contributed by atoms with E-state index in [2.05, 4.69) is 46.1 Å². The monoisotopic (exact) mass is 296 g/mol. The van der Waals surface area contributed by atoms with Gasteiger partial charge in [-0.2, -0.15) is 0 Å². The number of rotatable bonds is 6. The molecule has 0 aliphatic carbocycles. The quantitative estimate of drug-likeness (QED) is 0.711. The van der Waals surface area contributed by atoms with Gasteiger partial charge in [-0.1, -0.05) is 6.07 Å². The van der Waals surface area contributed by atoms with E-state index in [1.54, 1.807) is 6.33 Å². The highest BCUT2D eigenvalue weighted by Crippen LogP contribution is 2.23. The van der Waals surface area contributed by atoms with E-state index in [9.17, 15) is 0 Å². The highest BCUT2D eigenvalue weighted by molar-refractivity contribution is 5.81. The second kappa shape index (κ2) is 6.58. The molecule has 2 aromatic heterocycles. The first kappa shape index (κ1) is 14.5. The summed E-state index contributed by atoms with van der Waals surface area (Å²) < 4.78 is 5.65. The molecule has 0 aliphatic heterocycles. The maximum Gasteiger partial charge on any atom is 0.213 e. The van der Waals surface area contributed by atoms with E-state index in [0.29, 0.717) is 12.5 Å². The second-order valence-corrected chi connectivity index (χ2v) is 5.52. The van der Waals surface area contributed by atoms with E-state index in [0.717, 1.165) is 35.1 Å². The number of hydrogen-bond acceptors (Lipinski definition) is 4. The minimum atomic E-state index is 0.671. The van der Waals surface area contributed by atoms with Crippen molar-refractivity contribution >= 4 is 11.0 Å². The Labute approximate surface area is 130 Å². The Bertz CT molecular complexity index is 734. The molecule has 0 saturated heterocycles. The van der Waals surface area contributed by atoms with E-state index in [-0.39, 0.29) is 0 Å². The predicted octanol–water partition coefficient (Wildman–Crippen LogP) is 2.96. The summed E-state index contributed by atoms with van der Waals surface area (Å²) in [5.74, 6) is 0.671. The lowest BCUT2D eigenvalue weighted by Crippen LogP contribution is -2.15. The number of benzene rings is 1. The molecule has 0 aliphatic rings. The highest BCUT2D eigenvalue weighted by Gasteiger charge is 2.03. The summed E-state index contributed by atoms with van der Waals surface area (Å²) >= 11 is 0. The van der Waals surface area contributed by atoms with Crippen molar-refractivity contribution < 1.29 is 4.74 Å². The molecule has 5 nitrogen and oxygen atoms in total. The van der Waals surface area contributed by atoms with Crippen LogP contribution in [-0.2, 0) is 0 Å². The fourth-order valence-corrected chi connectivity index (χ4v) is 2.31. The normalized spacial score (nSPS) is 11.2. The molecule has 1 aromatic carbocycles. The van der Waals surface area contributed by atoms with Gasteiger partial charge in [0, 0.05) is 24.4 Å². The summed E-state index contributed by atoms with van der Waals surface area (Å²) in [6.07, 6.45) is 4.54. The van der Waals surface area contributed by atoms with Crippen molar-refractivity contribution in [1.82, 2.24) is 19.9 Å². The summed E-state index contributed by atoms with van der Waals surface area (Å²) in [4.78, 5) is 13.9. The molecule has 0 saturated carbocycles. The summed E-state index contributed by atoms with van der Waals surface area (Å²) in [5.41, 5.74) is 4.18. The third-order valence-corrected chi connectivity index (χ3v) is 3.49. The van der Waals surface area contributed by atoms with Crippen molar-refractivity contribution in [2.45, 2.75) is 6.42 Å². The fraction of sp³-hybridized carbons (Fsp3) is 0.294. The SMILES string of the molecule is CN(C)CCCOc1ccc(-c2ccc3nc[nH]c3c2)cn1. The van der Waals surface area contributed by atoms with Crippen LogP contribution in [0, 0.1) is 0 Å². The fourth-order valence-electron chi connectivity index (χ4n) is 2.31. The number of aromatic amines is 1. The first-order valence-corrected chi connectivity index (χ1v) is 7.39. The lowest BCUT2D eigenvalue weighted by molar-refractivity contribution is 0.273. The zero-order valence-corrected chi connectivity index (χ0v) is 12.9. The number of imidazole rings is 1. The van der Waals surface area contributed by atoms with Crippen molar-refractivity contribution in [3.63, 3.8) is 0 Å². The van der Waals surface area contributed by atoms with Gasteiger partial charge in [0.2, 0.25) is 5.88 Å². The minimum absolute atomic E-state index is 0.671. The largest absolute Gasteiger partial charge is 0.478 e. The topological polar surface area (TPSA) is 54.0 Å². The maximum absolute atomic E-state index is 5.65. The molecule has 3 rings (SSSR count). The number of pyridine rings is 1. The number of aromatic nitrogens is 3. The molecule has 114 valence electrons. The van der Waals surface area contributed by atoms with Crippen LogP contribution in [0.15, 0.2) is 42.9 Å². The van der Waals surface area contributed by atoms with Gasteiger partial charge in [-0.15, -0.1) is 0 Å². The number of nitrogens with one attached hydrogen (secondary N) is 1. The molecule has 1 N–H and O–H groups in total. The third-order valence-electron chi connectivity index (χ3n) is 3.49. The Kier molecular flexibility index (Phi) is 4.34. The van der Waals surface area contributed by atoms with Crippen molar-refractivity contribution in [3.8, 4) is 17.0 Å². The number of nitrogens with zero attached hydrogens (tertiary/aromatic N) is 3. The molecular weight excluding hydrogens is 276 g/mol. The molecule has 5 heteroatoms. The van der Waals surface area contributed by atoms with Crippen molar-refractivity contribution in [2.75, 3.05) is 27.2 Å². The van der Waals surface area contributed by atoms with Crippen LogP contribution in [0.1, 0.15) is 6.42 Å². The van der Waals surface area contributed by atoms with Gasteiger partial charge in [0.1, 0.15) is 0 Å². The molecule has 0 fully saturated rings. The molecule has 0 radical (unpaired) electrons. The van der Waals surface area contributed by atoms with Crippen molar-refractivity contribution in [1.29, 1.82) is 0 Å². The third kappa shape index (κ3) is 3.43. The Morgan fingerprint density at radius 2 is 1.95 bits per heavy atom. The van der Waals surface area contributed by atoms with Gasteiger partial charge in [0.05, 0.1) is 24.0 Å². The zero-order chi connectivity index (χ0) is 15.4. The molecule has 3 aromatic rings. The van der Waals surface area contributed by atoms with E-state index < -0.39 is 0 Å². The molecular formula is C17H20N4O. The van der Waals surface area contributed by atoms with Crippen LogP contribution >= 0.6 is 0 Å². The van der Waals surface area contributed by atoms with Gasteiger partial charge in [0.15, 0.2) is 0 Å². The first-order chi connectivity index (χ1) is 10.7. The van der Waals surface area contributed by atoms with Gasteiger partial charge in [-0.25, -0.2) is 9.97 Å². The van der Waals surface area contributed by atoms with Gasteiger partial charge in [-0.05, 0) is 44.3 Å². The number of fused-ring (bicyclic) bond motifs is 1. The maximum atomic E-state index is 5.65. The average Bonchev–Trinajstić information content (AvgIpc) is 2.99. The van der Waals surface area contributed by atoms with Crippen molar-refractivity contribution in [2.24, 2.45) is 0 Å². The van der Waals surface area contributed by atoms with Gasteiger partial charge < -0.3 is 14.6 Å². The highest BCUT2D eigenvalue weighted by atomic mass is 16.5. The van der Waals surface area contributed by atoms with E-state index in [4.69, 9.17) is 4.74 Å². The lowest BCUT2D eigenvalue weighted by Gasteiger charge is -2.10. The molecule has 0 unspecified atom stereocenters. The van der Waals surface area contributed by atoms with Crippen LogP contribution in [0.5, 0.6) is 5.88 Å². The van der Waals surface area contributed by atoms with Crippen LogP contribution in [0.4, 0.5) is 0 Å². The van der Waals surface area contributed by atoms with Crippen LogP contribution < -0.4 is 4.74 Å². The zero-order valence-electron chi connectivity index (χ0n) is 12.9. The van der Waals surface area contributed by atoms with Crippen LogP contribution in [0.2, 0.25) is 0 Å². The van der Waals surface area contributed by atoms with E-state index >= 15 is 0 Å². The van der Waals surface area contributed by atoms with E-state index in [1.807, 2.05) is 24.4 Å². The van der Waals surface area contributed by atoms with E-state index in [1.165, 1.54) is 0 Å². The molecule has 22 heavy (non-hydrogen) atoms. The Hall–Kier alpha value is -2.40. The second-order valence-electron chi connectivity index (χ2n) is 5.52. The molecule has 0 atom stereocenters. The lowest BCUT2D eigenvalue weighted by atomic mass is 10.1. The smallest absolute Gasteiger partial charge is 0.213 e. The minimum Gasteiger partial charge on any atom is -0.478 e. The van der Waals surface area contributed by atoms with Crippen LogP contribution in [-0.4, -0.2) is 47.1 Å². The summed E-state index contributed by atoms with van der Waals surface area (Å²) in [6.45, 7) is 1.70. The summed E-state index contributed by atoms with van der Waals surface area (Å²) in [7, 11) is 4.12. The Morgan fingerprint density at radius 1 is 1.09 bits per heavy atom. The summed E-state index contributed by atoms with van der Waals surface area (Å²) in [5, 5.41) is 0. The summed E-state index contributed by atoms with van der Waals surface area (Å²) in [6, 6.07) is 10.1. The number of hydrogen-bond donors (Lipinski definition) is 1. The van der Waals surface area contributed by atoms with Crippen molar-refractivity contribution in [3.05, 3.63) is 42.9 Å². The predicted molar refractivity (Wildman–Crippen MR) is 88.0 cm³/mol. The van der Waals surface area contributed by atoms with Gasteiger partial charge in [-0.3, -0.25) is 0 Å². The number of H-pyrrole nitrogens is 1. The first-order valence-electron chi connectivity index (χ1n) is 7.39. The van der Waals surface area contributed by atoms with Gasteiger partial charge >= 0.3 is 0 Å².